The van der Waals surface area contributed by atoms with Gasteiger partial charge in [0.05, 0.1) is 38.1 Å². The Morgan fingerprint density at radius 3 is 2.64 bits per heavy atom. The summed E-state index contributed by atoms with van der Waals surface area (Å²) < 4.78 is 16.2. The van der Waals surface area contributed by atoms with Gasteiger partial charge in [-0.3, -0.25) is 9.59 Å². The minimum Gasteiger partial charge on any atom is -0.497 e. The molecule has 0 bridgehead atoms. The molecule has 28 heavy (non-hydrogen) atoms. The molecular formula is C21H24N2O5. The average molecular weight is 384 g/mol. The second-order valence-electron chi connectivity index (χ2n) is 6.36. The smallest absolute Gasteiger partial charge is 0.229 e. The van der Waals surface area contributed by atoms with Crippen LogP contribution >= 0.6 is 0 Å². The van der Waals surface area contributed by atoms with E-state index in [-0.39, 0.29) is 24.8 Å². The van der Waals surface area contributed by atoms with Gasteiger partial charge in [0.2, 0.25) is 11.8 Å². The van der Waals surface area contributed by atoms with E-state index in [9.17, 15) is 9.59 Å². The van der Waals surface area contributed by atoms with Gasteiger partial charge in [0.1, 0.15) is 17.2 Å². The minimum atomic E-state index is -0.474. The average Bonchev–Trinajstić information content (AvgIpc) is 3.10. The van der Waals surface area contributed by atoms with Crippen molar-refractivity contribution in [3.63, 3.8) is 0 Å². The third-order valence-electron chi connectivity index (χ3n) is 4.62. The van der Waals surface area contributed by atoms with Crippen molar-refractivity contribution in [2.24, 2.45) is 5.92 Å². The second-order valence-corrected chi connectivity index (χ2v) is 6.36. The molecule has 1 saturated heterocycles. The van der Waals surface area contributed by atoms with E-state index in [0.29, 0.717) is 35.2 Å². The van der Waals surface area contributed by atoms with E-state index in [1.165, 1.54) is 0 Å². The molecule has 2 aromatic rings. The molecule has 1 aliphatic rings. The number of carbonyl (C=O) groups excluding carboxylic acids is 2. The van der Waals surface area contributed by atoms with Gasteiger partial charge in [-0.1, -0.05) is 12.1 Å². The summed E-state index contributed by atoms with van der Waals surface area (Å²) >= 11 is 0. The molecule has 1 N–H and O–H groups in total. The third-order valence-corrected chi connectivity index (χ3v) is 4.62. The fourth-order valence-corrected chi connectivity index (χ4v) is 3.21. The normalized spacial score (nSPS) is 16.0. The highest BCUT2D eigenvalue weighted by Gasteiger charge is 2.36. The highest BCUT2D eigenvalue weighted by atomic mass is 16.5. The number of methoxy groups -OCH3 is 2. The van der Waals surface area contributed by atoms with Gasteiger partial charge in [-0.15, -0.1) is 0 Å². The van der Waals surface area contributed by atoms with Crippen molar-refractivity contribution in [1.29, 1.82) is 0 Å². The first-order valence-corrected chi connectivity index (χ1v) is 9.12. The predicted octanol–water partition coefficient (Wildman–Crippen LogP) is 3.09. The molecule has 2 aromatic carbocycles. The molecule has 148 valence electrons. The summed E-state index contributed by atoms with van der Waals surface area (Å²) in [4.78, 5) is 26.9. The number of hydrogen-bond acceptors (Lipinski definition) is 5. The van der Waals surface area contributed by atoms with Crippen LogP contribution in [0.15, 0.2) is 42.5 Å². The lowest BCUT2D eigenvalue weighted by atomic mass is 10.1. The number of para-hydroxylation sites is 2. The zero-order valence-electron chi connectivity index (χ0n) is 16.2. The predicted molar refractivity (Wildman–Crippen MR) is 106 cm³/mol. The summed E-state index contributed by atoms with van der Waals surface area (Å²) in [6, 6.07) is 12.5. The van der Waals surface area contributed by atoms with Gasteiger partial charge >= 0.3 is 0 Å². The van der Waals surface area contributed by atoms with Crippen molar-refractivity contribution in [3.8, 4) is 17.2 Å². The molecule has 0 aromatic heterocycles. The molecule has 1 aliphatic heterocycles. The monoisotopic (exact) mass is 384 g/mol. The molecule has 0 spiro atoms. The highest BCUT2D eigenvalue weighted by Crippen LogP contribution is 2.36. The summed E-state index contributed by atoms with van der Waals surface area (Å²) in [6.07, 6.45) is 0.128. The van der Waals surface area contributed by atoms with E-state index < -0.39 is 5.92 Å². The fraction of sp³-hybridized carbons (Fsp3) is 0.333. The molecule has 3 rings (SSSR count). The molecule has 0 unspecified atom stereocenters. The Morgan fingerprint density at radius 1 is 1.14 bits per heavy atom. The van der Waals surface area contributed by atoms with Crippen LogP contribution in [0, 0.1) is 5.92 Å². The lowest BCUT2D eigenvalue weighted by molar-refractivity contribution is -0.122. The summed E-state index contributed by atoms with van der Waals surface area (Å²) in [5.41, 5.74) is 1.19. The number of benzene rings is 2. The maximum Gasteiger partial charge on any atom is 0.229 e. The van der Waals surface area contributed by atoms with Gasteiger partial charge in [-0.25, -0.2) is 0 Å². The van der Waals surface area contributed by atoms with Crippen LogP contribution in [0.1, 0.15) is 13.3 Å². The van der Waals surface area contributed by atoms with Gasteiger partial charge < -0.3 is 24.4 Å². The van der Waals surface area contributed by atoms with Gasteiger partial charge in [-0.2, -0.15) is 0 Å². The number of carbonyl (C=O) groups is 2. The van der Waals surface area contributed by atoms with Gasteiger partial charge in [0.15, 0.2) is 0 Å². The number of rotatable bonds is 7. The van der Waals surface area contributed by atoms with E-state index in [2.05, 4.69) is 5.32 Å². The Hall–Kier alpha value is -3.22. The molecule has 7 heteroatoms. The molecule has 1 fully saturated rings. The first-order valence-electron chi connectivity index (χ1n) is 9.12. The Bertz CT molecular complexity index is 868. The van der Waals surface area contributed by atoms with Crippen molar-refractivity contribution in [1.82, 2.24) is 0 Å². The van der Waals surface area contributed by atoms with Gasteiger partial charge in [0, 0.05) is 19.0 Å². The number of ether oxygens (including phenoxy) is 3. The first kappa shape index (κ1) is 19.5. The number of nitrogens with one attached hydrogen (secondary N) is 1. The van der Waals surface area contributed by atoms with E-state index in [0.717, 1.165) is 0 Å². The molecule has 7 nitrogen and oxygen atoms in total. The maximum absolute atomic E-state index is 12.8. The van der Waals surface area contributed by atoms with Crippen LogP contribution in [0.2, 0.25) is 0 Å². The standard InChI is InChI=1S/C21H24N2O5/c1-4-28-18-8-6-5-7-16(18)22-21(25)14-11-20(24)23(13-14)17-12-15(26-2)9-10-19(17)27-3/h5-10,12,14H,4,11,13H2,1-3H3,(H,22,25)/t14-/m1/s1. The molecule has 1 atom stereocenters. The Morgan fingerprint density at radius 2 is 1.93 bits per heavy atom. The summed E-state index contributed by atoms with van der Waals surface area (Å²) in [5, 5.41) is 2.88. The number of nitrogens with zero attached hydrogens (tertiary/aromatic N) is 1. The summed E-state index contributed by atoms with van der Waals surface area (Å²) in [6.45, 7) is 2.65. The topological polar surface area (TPSA) is 77.1 Å². The number of anilines is 2. The lowest BCUT2D eigenvalue weighted by Gasteiger charge is -2.20. The molecule has 2 amide bonds. The summed E-state index contributed by atoms with van der Waals surface area (Å²) in [5.74, 6) is 0.945. The molecule has 0 saturated carbocycles. The molecule has 1 heterocycles. The van der Waals surface area contributed by atoms with E-state index in [1.54, 1.807) is 49.5 Å². The molecular weight excluding hydrogens is 360 g/mol. The summed E-state index contributed by atoms with van der Waals surface area (Å²) in [7, 11) is 3.10. The number of amides is 2. The van der Waals surface area contributed by atoms with Crippen LogP contribution in [0.4, 0.5) is 11.4 Å². The van der Waals surface area contributed by atoms with Crippen LogP contribution in [0.25, 0.3) is 0 Å². The zero-order chi connectivity index (χ0) is 20.1. The molecule has 0 radical (unpaired) electrons. The van der Waals surface area contributed by atoms with E-state index in [1.807, 2.05) is 19.1 Å². The number of hydrogen-bond donors (Lipinski definition) is 1. The van der Waals surface area contributed by atoms with E-state index in [4.69, 9.17) is 14.2 Å². The third kappa shape index (κ3) is 4.03. The second kappa shape index (κ2) is 8.65. The Balaban J connectivity index is 1.77. The lowest BCUT2D eigenvalue weighted by Crippen LogP contribution is -2.28. The van der Waals surface area contributed by atoms with Crippen LogP contribution < -0.4 is 24.4 Å². The quantitative estimate of drug-likeness (QED) is 0.794. The van der Waals surface area contributed by atoms with Crippen LogP contribution in [-0.2, 0) is 9.59 Å². The van der Waals surface area contributed by atoms with Crippen LogP contribution in [0.3, 0.4) is 0 Å². The zero-order valence-corrected chi connectivity index (χ0v) is 16.2. The van der Waals surface area contributed by atoms with Crippen molar-refractivity contribution in [2.75, 3.05) is 37.6 Å². The fourth-order valence-electron chi connectivity index (χ4n) is 3.21. The van der Waals surface area contributed by atoms with Gasteiger partial charge in [-0.05, 0) is 31.2 Å². The SMILES string of the molecule is CCOc1ccccc1NC(=O)[C@@H]1CC(=O)N(c2cc(OC)ccc2OC)C1. The Kier molecular flexibility index (Phi) is 6.03. The van der Waals surface area contributed by atoms with Crippen LogP contribution in [-0.4, -0.2) is 39.2 Å². The molecule has 0 aliphatic carbocycles. The maximum atomic E-state index is 12.8. The van der Waals surface area contributed by atoms with Crippen molar-refractivity contribution in [2.45, 2.75) is 13.3 Å². The first-order chi connectivity index (χ1) is 13.6. The van der Waals surface area contributed by atoms with Crippen LogP contribution in [0.5, 0.6) is 17.2 Å². The highest BCUT2D eigenvalue weighted by molar-refractivity contribution is 6.04. The largest absolute Gasteiger partial charge is 0.497 e. The van der Waals surface area contributed by atoms with Crippen molar-refractivity contribution in [3.05, 3.63) is 42.5 Å². The Labute approximate surface area is 164 Å². The van der Waals surface area contributed by atoms with Gasteiger partial charge in [0.25, 0.3) is 0 Å². The van der Waals surface area contributed by atoms with Crippen molar-refractivity contribution >= 4 is 23.2 Å². The van der Waals surface area contributed by atoms with E-state index >= 15 is 0 Å². The minimum absolute atomic E-state index is 0.128. The van der Waals surface area contributed by atoms with Crippen molar-refractivity contribution < 1.29 is 23.8 Å².